The van der Waals surface area contributed by atoms with Gasteiger partial charge >= 0.3 is 0 Å². The van der Waals surface area contributed by atoms with Crippen LogP contribution in [-0.2, 0) is 0 Å². The van der Waals surface area contributed by atoms with Crippen molar-refractivity contribution in [3.8, 4) is 0 Å². The normalized spacial score (nSPS) is 29.0. The van der Waals surface area contributed by atoms with Crippen molar-refractivity contribution in [1.29, 1.82) is 0 Å². The van der Waals surface area contributed by atoms with Crippen LogP contribution >= 0.6 is 0 Å². The van der Waals surface area contributed by atoms with Gasteiger partial charge in [-0.25, -0.2) is 0 Å². The average Bonchev–Trinajstić information content (AvgIpc) is 2.88. The number of fused-ring (bicyclic) bond motifs is 4. The molecule has 1 aromatic heterocycles. The highest BCUT2D eigenvalue weighted by molar-refractivity contribution is 5.90. The fourth-order valence-electron chi connectivity index (χ4n) is 3.64. The Labute approximate surface area is 119 Å². The molecule has 2 aromatic rings. The third-order valence-corrected chi connectivity index (χ3v) is 5.14. The van der Waals surface area contributed by atoms with Crippen molar-refractivity contribution < 1.29 is 4.52 Å². The van der Waals surface area contributed by atoms with E-state index < -0.39 is 0 Å². The first-order valence-corrected chi connectivity index (χ1v) is 7.57. The van der Waals surface area contributed by atoms with E-state index in [9.17, 15) is 0 Å². The van der Waals surface area contributed by atoms with Gasteiger partial charge in [0.05, 0.1) is 5.39 Å². The summed E-state index contributed by atoms with van der Waals surface area (Å²) in [7, 11) is 0. The van der Waals surface area contributed by atoms with Crippen LogP contribution in [0, 0.1) is 19.8 Å². The molecule has 1 N–H and O–H groups in total. The van der Waals surface area contributed by atoms with Crippen molar-refractivity contribution in [2.75, 3.05) is 25.0 Å². The molecule has 4 heterocycles. The van der Waals surface area contributed by atoms with Crippen molar-refractivity contribution in [3.05, 3.63) is 23.3 Å². The number of rotatable bonds is 2. The SMILES string of the molecule is Cc1ccc2c(N[C@@H]3CN4CCC3CC4)noc2c1C. The highest BCUT2D eigenvalue weighted by Gasteiger charge is 2.34. The summed E-state index contributed by atoms with van der Waals surface area (Å²) in [5.41, 5.74) is 3.37. The van der Waals surface area contributed by atoms with E-state index in [1.807, 2.05) is 0 Å². The molecule has 1 aromatic carbocycles. The number of anilines is 1. The molecule has 3 aliphatic heterocycles. The van der Waals surface area contributed by atoms with Crippen molar-refractivity contribution in [2.45, 2.75) is 32.7 Å². The third-order valence-electron chi connectivity index (χ3n) is 5.14. The Morgan fingerprint density at radius 2 is 2.05 bits per heavy atom. The monoisotopic (exact) mass is 271 g/mol. The molecule has 0 radical (unpaired) electrons. The first-order chi connectivity index (χ1) is 9.72. The molecule has 3 fully saturated rings. The number of hydrogen-bond donors (Lipinski definition) is 1. The van der Waals surface area contributed by atoms with Gasteiger partial charge in [-0.3, -0.25) is 0 Å². The van der Waals surface area contributed by atoms with E-state index in [1.165, 1.54) is 37.1 Å². The molecular formula is C16H21N3O. The van der Waals surface area contributed by atoms with E-state index in [0.717, 1.165) is 29.2 Å². The zero-order valence-corrected chi connectivity index (χ0v) is 12.1. The Bertz CT molecular complexity index is 640. The third kappa shape index (κ3) is 1.82. The fraction of sp³-hybridized carbons (Fsp3) is 0.562. The van der Waals surface area contributed by atoms with Crippen LogP contribution in [0.4, 0.5) is 5.82 Å². The van der Waals surface area contributed by atoms with E-state index in [0.29, 0.717) is 6.04 Å². The van der Waals surface area contributed by atoms with E-state index in [2.05, 4.69) is 41.4 Å². The molecule has 4 nitrogen and oxygen atoms in total. The first-order valence-electron chi connectivity index (χ1n) is 7.57. The Kier molecular flexibility index (Phi) is 2.74. The molecule has 4 heteroatoms. The summed E-state index contributed by atoms with van der Waals surface area (Å²) in [4.78, 5) is 2.55. The van der Waals surface area contributed by atoms with Crippen LogP contribution in [0.2, 0.25) is 0 Å². The van der Waals surface area contributed by atoms with E-state index in [4.69, 9.17) is 4.52 Å². The van der Waals surface area contributed by atoms with Crippen LogP contribution < -0.4 is 5.32 Å². The number of hydrogen-bond acceptors (Lipinski definition) is 4. The highest BCUT2D eigenvalue weighted by Crippen LogP contribution is 2.32. The predicted octanol–water partition coefficient (Wildman–Crippen LogP) is 2.95. The quantitative estimate of drug-likeness (QED) is 0.911. The van der Waals surface area contributed by atoms with Crippen LogP contribution in [0.15, 0.2) is 16.7 Å². The molecule has 2 bridgehead atoms. The van der Waals surface area contributed by atoms with Crippen molar-refractivity contribution >= 4 is 16.8 Å². The average molecular weight is 271 g/mol. The molecule has 1 atom stereocenters. The minimum Gasteiger partial charge on any atom is -0.362 e. The Morgan fingerprint density at radius 3 is 2.75 bits per heavy atom. The maximum atomic E-state index is 5.56. The van der Waals surface area contributed by atoms with Crippen molar-refractivity contribution in [1.82, 2.24) is 10.1 Å². The number of aromatic nitrogens is 1. The number of nitrogens with zero attached hydrogens (tertiary/aromatic N) is 2. The van der Waals surface area contributed by atoms with Gasteiger partial charge < -0.3 is 14.7 Å². The largest absolute Gasteiger partial charge is 0.362 e. The topological polar surface area (TPSA) is 41.3 Å². The van der Waals surface area contributed by atoms with Gasteiger partial charge in [-0.05, 0) is 62.9 Å². The Hall–Kier alpha value is -1.55. The zero-order valence-electron chi connectivity index (χ0n) is 12.1. The van der Waals surface area contributed by atoms with Crippen LogP contribution in [0.1, 0.15) is 24.0 Å². The molecular weight excluding hydrogens is 250 g/mol. The summed E-state index contributed by atoms with van der Waals surface area (Å²) < 4.78 is 5.56. The Morgan fingerprint density at radius 1 is 1.25 bits per heavy atom. The second-order valence-corrected chi connectivity index (χ2v) is 6.30. The van der Waals surface area contributed by atoms with Crippen molar-refractivity contribution in [3.63, 3.8) is 0 Å². The minimum absolute atomic E-state index is 0.521. The maximum Gasteiger partial charge on any atom is 0.177 e. The molecule has 20 heavy (non-hydrogen) atoms. The summed E-state index contributed by atoms with van der Waals surface area (Å²) in [5.74, 6) is 1.71. The first kappa shape index (κ1) is 12.2. The van der Waals surface area contributed by atoms with Gasteiger partial charge in [0, 0.05) is 12.6 Å². The van der Waals surface area contributed by atoms with Crippen LogP contribution in [0.5, 0.6) is 0 Å². The fourth-order valence-corrected chi connectivity index (χ4v) is 3.64. The molecule has 0 saturated carbocycles. The maximum absolute atomic E-state index is 5.56. The second-order valence-electron chi connectivity index (χ2n) is 6.30. The number of aryl methyl sites for hydroxylation is 2. The van der Waals surface area contributed by atoms with Gasteiger partial charge in [-0.2, -0.15) is 0 Å². The molecule has 0 spiro atoms. The molecule has 3 saturated heterocycles. The van der Waals surface area contributed by atoms with E-state index >= 15 is 0 Å². The standard InChI is InChI=1S/C16H21N3O/c1-10-3-4-13-15(11(10)2)20-18-16(13)17-14-9-19-7-5-12(14)6-8-19/h3-4,12,14H,5-9H2,1-2H3,(H,17,18)/t14-/m1/s1. The minimum atomic E-state index is 0.521. The van der Waals surface area contributed by atoms with Gasteiger partial charge in [0.15, 0.2) is 11.4 Å². The molecule has 0 unspecified atom stereocenters. The van der Waals surface area contributed by atoms with Crippen LogP contribution in [0.25, 0.3) is 11.0 Å². The molecule has 106 valence electrons. The summed E-state index contributed by atoms with van der Waals surface area (Å²) in [5, 5.41) is 9.02. The lowest BCUT2D eigenvalue weighted by Crippen LogP contribution is -2.53. The number of piperidine rings is 3. The number of nitrogens with one attached hydrogen (secondary N) is 1. The number of benzene rings is 1. The predicted molar refractivity (Wildman–Crippen MR) is 80.1 cm³/mol. The van der Waals surface area contributed by atoms with Crippen molar-refractivity contribution in [2.24, 2.45) is 5.92 Å². The molecule has 3 aliphatic rings. The van der Waals surface area contributed by atoms with Crippen LogP contribution in [0.3, 0.4) is 0 Å². The van der Waals surface area contributed by atoms with Gasteiger partial charge in [-0.1, -0.05) is 11.2 Å². The van der Waals surface area contributed by atoms with Gasteiger partial charge in [0.25, 0.3) is 0 Å². The highest BCUT2D eigenvalue weighted by atomic mass is 16.5. The smallest absolute Gasteiger partial charge is 0.177 e. The zero-order chi connectivity index (χ0) is 13.7. The summed E-state index contributed by atoms with van der Waals surface area (Å²) in [6.45, 7) is 7.88. The van der Waals surface area contributed by atoms with Crippen LogP contribution in [-0.4, -0.2) is 35.7 Å². The second kappa shape index (κ2) is 4.48. The van der Waals surface area contributed by atoms with Gasteiger partial charge in [0.2, 0.25) is 0 Å². The molecule has 0 aliphatic carbocycles. The summed E-state index contributed by atoms with van der Waals surface area (Å²) in [6.07, 6.45) is 2.62. The lowest BCUT2D eigenvalue weighted by atomic mass is 9.84. The summed E-state index contributed by atoms with van der Waals surface area (Å²) in [6, 6.07) is 4.79. The van der Waals surface area contributed by atoms with E-state index in [-0.39, 0.29) is 0 Å². The molecule has 5 rings (SSSR count). The molecule has 0 amide bonds. The van der Waals surface area contributed by atoms with E-state index in [1.54, 1.807) is 0 Å². The lowest BCUT2D eigenvalue weighted by Gasteiger charge is -2.44. The van der Waals surface area contributed by atoms with Gasteiger partial charge in [-0.15, -0.1) is 0 Å². The Balaban J connectivity index is 1.65. The van der Waals surface area contributed by atoms with Gasteiger partial charge in [0.1, 0.15) is 0 Å². The summed E-state index contributed by atoms with van der Waals surface area (Å²) >= 11 is 0. The lowest BCUT2D eigenvalue weighted by molar-refractivity contribution is 0.0973.